The maximum Gasteiger partial charge on any atom is 0.513 e. The Kier molecular flexibility index (Phi) is 14.7. The minimum absolute atomic E-state index is 0.0887. The first-order valence-electron chi connectivity index (χ1n) is 12.6. The number of hydrogen-bond acceptors (Lipinski definition) is 10. The number of aliphatic carboxylic acids is 1. The topological polar surface area (TPSA) is 161 Å². The molecule has 0 aliphatic rings. The molecule has 11 nitrogen and oxygen atoms in total. The Morgan fingerprint density at radius 1 is 0.892 bits per heavy atom. The highest BCUT2D eigenvalue weighted by Gasteiger charge is 2.30. The largest absolute Gasteiger partial charge is 0.513 e. The Hall–Kier alpha value is -3.34. The summed E-state index contributed by atoms with van der Waals surface area (Å²) in [6.45, 7) is 7.55. The van der Waals surface area contributed by atoms with Crippen LogP contribution in [0.5, 0.6) is 11.5 Å². The highest BCUT2D eigenvalue weighted by atomic mass is 16.7. The average Bonchev–Trinajstić information content (AvgIpc) is 2.85. The van der Waals surface area contributed by atoms with Crippen LogP contribution in [0.2, 0.25) is 0 Å². The third kappa shape index (κ3) is 12.0. The lowest BCUT2D eigenvalue weighted by molar-refractivity contribution is -0.149. The molecule has 37 heavy (non-hydrogen) atoms. The van der Waals surface area contributed by atoms with E-state index in [1.807, 2.05) is 20.8 Å². The smallest absolute Gasteiger partial charge is 0.480 e. The van der Waals surface area contributed by atoms with Crippen LogP contribution in [0.1, 0.15) is 84.1 Å². The Morgan fingerprint density at radius 2 is 1.49 bits per heavy atom. The second-order valence-corrected chi connectivity index (χ2v) is 8.57. The molecule has 1 rings (SSSR count). The zero-order valence-electron chi connectivity index (χ0n) is 22.0. The molecular weight excluding hydrogens is 486 g/mol. The summed E-state index contributed by atoms with van der Waals surface area (Å²) in [4.78, 5) is 48.0. The van der Waals surface area contributed by atoms with Crippen molar-refractivity contribution in [3.05, 3.63) is 23.8 Å². The summed E-state index contributed by atoms with van der Waals surface area (Å²) in [6.07, 6.45) is 1.41. The highest BCUT2D eigenvalue weighted by Crippen LogP contribution is 2.35. The zero-order valence-corrected chi connectivity index (χ0v) is 22.0. The van der Waals surface area contributed by atoms with E-state index < -0.39 is 36.3 Å². The van der Waals surface area contributed by atoms with Gasteiger partial charge in [-0.15, -0.1) is 0 Å². The van der Waals surface area contributed by atoms with Crippen molar-refractivity contribution in [2.45, 2.75) is 90.7 Å². The Labute approximate surface area is 217 Å². The quantitative estimate of drug-likeness (QED) is 0.130. The predicted molar refractivity (Wildman–Crippen MR) is 134 cm³/mol. The number of carbonyl (C=O) groups is 4. The van der Waals surface area contributed by atoms with Crippen molar-refractivity contribution in [1.29, 1.82) is 0 Å². The fourth-order valence-electron chi connectivity index (χ4n) is 3.40. The molecule has 3 N–H and O–H groups in total. The molecule has 0 aliphatic carbocycles. The number of rotatable bonds is 16. The lowest BCUT2D eigenvalue weighted by atomic mass is 9.87. The zero-order chi connectivity index (χ0) is 27.8. The SMILES string of the molecule is CCCCCC(=O)OC(C)CC(c1ccc(OC(=O)OCCC)c(OC(=O)OCCC)c1)[C@H](N)C(=O)O. The van der Waals surface area contributed by atoms with Crippen molar-refractivity contribution in [1.82, 2.24) is 0 Å². The molecule has 0 amide bonds. The van der Waals surface area contributed by atoms with Gasteiger partial charge in [-0.1, -0.05) is 39.7 Å². The van der Waals surface area contributed by atoms with Gasteiger partial charge in [-0.2, -0.15) is 0 Å². The van der Waals surface area contributed by atoms with Crippen molar-refractivity contribution in [2.24, 2.45) is 5.73 Å². The van der Waals surface area contributed by atoms with Crippen molar-refractivity contribution in [3.63, 3.8) is 0 Å². The van der Waals surface area contributed by atoms with Crippen LogP contribution < -0.4 is 15.2 Å². The van der Waals surface area contributed by atoms with Crippen LogP contribution in [0.15, 0.2) is 18.2 Å². The first-order chi connectivity index (χ1) is 17.6. The van der Waals surface area contributed by atoms with E-state index in [1.165, 1.54) is 18.2 Å². The molecule has 1 aromatic rings. The number of ether oxygens (including phenoxy) is 5. The fourth-order valence-corrected chi connectivity index (χ4v) is 3.40. The fraction of sp³-hybridized carbons (Fsp3) is 0.615. The van der Waals surface area contributed by atoms with Gasteiger partial charge in [0.05, 0.1) is 19.3 Å². The second kappa shape index (κ2) is 17.2. The lowest BCUT2D eigenvalue weighted by Crippen LogP contribution is -2.38. The van der Waals surface area contributed by atoms with Crippen LogP contribution in [-0.2, 0) is 23.8 Å². The van der Waals surface area contributed by atoms with E-state index in [4.69, 9.17) is 29.4 Å². The second-order valence-electron chi connectivity index (χ2n) is 8.57. The van der Waals surface area contributed by atoms with E-state index in [2.05, 4.69) is 0 Å². The minimum Gasteiger partial charge on any atom is -0.480 e. The van der Waals surface area contributed by atoms with Gasteiger partial charge in [-0.25, -0.2) is 9.59 Å². The molecule has 0 spiro atoms. The maximum absolute atomic E-state index is 12.1. The maximum atomic E-state index is 12.1. The average molecular weight is 526 g/mol. The molecule has 0 aliphatic heterocycles. The lowest BCUT2D eigenvalue weighted by Gasteiger charge is -2.25. The molecule has 0 fully saturated rings. The van der Waals surface area contributed by atoms with Crippen molar-refractivity contribution < 1.29 is 48.0 Å². The molecule has 0 aromatic heterocycles. The molecule has 3 atom stereocenters. The van der Waals surface area contributed by atoms with E-state index in [-0.39, 0.29) is 43.5 Å². The molecular formula is C26H39NO10. The van der Waals surface area contributed by atoms with Crippen LogP contribution in [0.4, 0.5) is 9.59 Å². The van der Waals surface area contributed by atoms with Crippen LogP contribution >= 0.6 is 0 Å². The third-order valence-corrected chi connectivity index (χ3v) is 5.25. The summed E-state index contributed by atoms with van der Waals surface area (Å²) < 4.78 is 25.7. The van der Waals surface area contributed by atoms with Gasteiger partial charge in [0.1, 0.15) is 6.04 Å². The summed E-state index contributed by atoms with van der Waals surface area (Å²) in [6, 6.07) is 2.82. The van der Waals surface area contributed by atoms with Gasteiger partial charge in [0.2, 0.25) is 0 Å². The van der Waals surface area contributed by atoms with Crippen LogP contribution in [0, 0.1) is 0 Å². The van der Waals surface area contributed by atoms with Crippen LogP contribution in [0.25, 0.3) is 0 Å². The van der Waals surface area contributed by atoms with E-state index >= 15 is 0 Å². The number of carbonyl (C=O) groups excluding carboxylic acids is 3. The van der Waals surface area contributed by atoms with Crippen LogP contribution in [0.3, 0.4) is 0 Å². The normalized spacial score (nSPS) is 13.1. The number of nitrogens with two attached hydrogens (primary N) is 1. The van der Waals surface area contributed by atoms with Crippen molar-refractivity contribution >= 4 is 24.2 Å². The van der Waals surface area contributed by atoms with E-state index in [9.17, 15) is 24.3 Å². The van der Waals surface area contributed by atoms with Gasteiger partial charge in [-0.05, 0) is 50.3 Å². The van der Waals surface area contributed by atoms with E-state index in [0.29, 0.717) is 24.8 Å². The standard InChI is InChI=1S/C26H39NO10/c1-5-8-9-10-22(28)35-17(4)15-19(23(27)24(29)30)18-11-12-20(36-25(31)33-13-6-2)21(16-18)37-26(32)34-14-7-3/h11-12,16-17,19,23H,5-10,13-15,27H2,1-4H3,(H,29,30)/t17?,19?,23-/m0/s1. The molecule has 208 valence electrons. The molecule has 1 aromatic carbocycles. The van der Waals surface area contributed by atoms with Gasteiger partial charge in [-0.3, -0.25) is 9.59 Å². The monoisotopic (exact) mass is 525 g/mol. The van der Waals surface area contributed by atoms with Crippen molar-refractivity contribution in [2.75, 3.05) is 13.2 Å². The first kappa shape index (κ1) is 31.7. The number of carboxylic acids is 1. The number of benzene rings is 1. The summed E-state index contributed by atoms with van der Waals surface area (Å²) >= 11 is 0. The first-order valence-corrected chi connectivity index (χ1v) is 12.6. The Balaban J connectivity index is 3.21. The van der Waals surface area contributed by atoms with Crippen molar-refractivity contribution in [3.8, 4) is 11.5 Å². The number of hydrogen-bond donors (Lipinski definition) is 2. The third-order valence-electron chi connectivity index (χ3n) is 5.25. The van der Waals surface area contributed by atoms with Crippen LogP contribution in [-0.4, -0.2) is 54.7 Å². The Morgan fingerprint density at radius 3 is 2.03 bits per heavy atom. The molecule has 0 saturated heterocycles. The minimum atomic E-state index is -1.36. The van der Waals surface area contributed by atoms with Gasteiger partial charge >= 0.3 is 24.2 Å². The molecule has 11 heteroatoms. The van der Waals surface area contributed by atoms with Gasteiger partial charge in [0.25, 0.3) is 0 Å². The number of esters is 1. The van der Waals surface area contributed by atoms with Gasteiger partial charge < -0.3 is 34.5 Å². The summed E-state index contributed by atoms with van der Waals surface area (Å²) in [5.41, 5.74) is 6.35. The molecule has 0 bridgehead atoms. The Bertz CT molecular complexity index is 888. The molecule has 0 heterocycles. The van der Waals surface area contributed by atoms with E-state index in [1.54, 1.807) is 6.92 Å². The molecule has 0 radical (unpaired) electrons. The van der Waals surface area contributed by atoms with Gasteiger partial charge in [0.15, 0.2) is 11.5 Å². The summed E-state index contributed by atoms with van der Waals surface area (Å²) in [7, 11) is 0. The van der Waals surface area contributed by atoms with E-state index in [0.717, 1.165) is 12.8 Å². The van der Waals surface area contributed by atoms with Gasteiger partial charge in [0, 0.05) is 12.3 Å². The highest BCUT2D eigenvalue weighted by molar-refractivity contribution is 5.75. The summed E-state index contributed by atoms with van der Waals surface area (Å²) in [5, 5.41) is 9.60. The predicted octanol–water partition coefficient (Wildman–Crippen LogP) is 4.94. The number of carboxylic acid groups (broad SMARTS) is 1. The number of unbranched alkanes of at least 4 members (excludes halogenated alkanes) is 2. The molecule has 2 unspecified atom stereocenters. The molecule has 0 saturated carbocycles. The summed E-state index contributed by atoms with van der Waals surface area (Å²) in [5.74, 6) is -2.78.